The van der Waals surface area contributed by atoms with Crippen LogP contribution >= 0.6 is 0 Å². The van der Waals surface area contributed by atoms with Crippen molar-refractivity contribution < 1.29 is 4.74 Å². The van der Waals surface area contributed by atoms with Gasteiger partial charge in [-0.2, -0.15) is 0 Å². The first-order chi connectivity index (χ1) is 6.85. The summed E-state index contributed by atoms with van der Waals surface area (Å²) in [5.41, 5.74) is 0. The fraction of sp³-hybridized carbons (Fsp3) is 1.00. The second-order valence-corrected chi connectivity index (χ2v) is 3.70. The van der Waals surface area contributed by atoms with Gasteiger partial charge in [0.05, 0.1) is 6.61 Å². The SMILES string of the molecule is CCCCCCOCCN(CC)CC.[KH]. The van der Waals surface area contributed by atoms with Crippen LogP contribution in [0.25, 0.3) is 0 Å². The van der Waals surface area contributed by atoms with E-state index in [1.54, 1.807) is 0 Å². The molecule has 0 bridgehead atoms. The standard InChI is InChI=1S/C12H27NO.K.H/c1-4-7-8-9-11-14-12-10-13(5-2)6-3;;/h4-12H2,1-3H3;;. The van der Waals surface area contributed by atoms with E-state index in [9.17, 15) is 0 Å². The summed E-state index contributed by atoms with van der Waals surface area (Å²) in [5, 5.41) is 0. The molecule has 15 heavy (non-hydrogen) atoms. The molecule has 0 aromatic carbocycles. The molecule has 0 aliphatic rings. The van der Waals surface area contributed by atoms with E-state index in [2.05, 4.69) is 25.7 Å². The Morgan fingerprint density at radius 1 is 0.867 bits per heavy atom. The van der Waals surface area contributed by atoms with Gasteiger partial charge in [0.2, 0.25) is 0 Å². The summed E-state index contributed by atoms with van der Waals surface area (Å²) in [6, 6.07) is 0. The summed E-state index contributed by atoms with van der Waals surface area (Å²) < 4.78 is 5.57. The molecule has 3 heteroatoms. The van der Waals surface area contributed by atoms with Crippen LogP contribution < -0.4 is 0 Å². The van der Waals surface area contributed by atoms with Crippen molar-refractivity contribution in [1.29, 1.82) is 0 Å². The number of likely N-dealkylation sites (N-methyl/N-ethyl adjacent to an activating group) is 1. The monoisotopic (exact) mass is 241 g/mol. The second-order valence-electron chi connectivity index (χ2n) is 3.70. The van der Waals surface area contributed by atoms with E-state index in [0.717, 1.165) is 32.8 Å². The molecule has 2 nitrogen and oxygen atoms in total. The Hall–Kier alpha value is 1.56. The van der Waals surface area contributed by atoms with E-state index in [1.807, 2.05) is 0 Å². The van der Waals surface area contributed by atoms with Crippen LogP contribution in [-0.4, -0.2) is 89.1 Å². The summed E-state index contributed by atoms with van der Waals surface area (Å²) >= 11 is 0. The molecule has 0 fully saturated rings. The normalized spacial score (nSPS) is 10.4. The van der Waals surface area contributed by atoms with E-state index < -0.39 is 0 Å². The number of hydrogen-bond acceptors (Lipinski definition) is 2. The van der Waals surface area contributed by atoms with Crippen LogP contribution in [0.4, 0.5) is 0 Å². The molecule has 0 aliphatic heterocycles. The van der Waals surface area contributed by atoms with Gasteiger partial charge in [-0.15, -0.1) is 0 Å². The quantitative estimate of drug-likeness (QED) is 0.430. The maximum absolute atomic E-state index is 5.57. The zero-order chi connectivity index (χ0) is 10.6. The van der Waals surface area contributed by atoms with Crippen LogP contribution in [0.5, 0.6) is 0 Å². The Labute approximate surface area is 139 Å². The van der Waals surface area contributed by atoms with Crippen molar-refractivity contribution >= 4 is 51.4 Å². The van der Waals surface area contributed by atoms with Crippen molar-refractivity contribution in [2.24, 2.45) is 0 Å². The molecule has 0 atom stereocenters. The van der Waals surface area contributed by atoms with Crippen LogP contribution in [0.15, 0.2) is 0 Å². The maximum atomic E-state index is 5.57. The summed E-state index contributed by atoms with van der Waals surface area (Å²) in [4.78, 5) is 2.39. The zero-order valence-corrected chi connectivity index (χ0v) is 10.2. The Morgan fingerprint density at radius 3 is 2.07 bits per heavy atom. The van der Waals surface area contributed by atoms with E-state index in [0.29, 0.717) is 0 Å². The number of hydrogen-bond donors (Lipinski definition) is 0. The van der Waals surface area contributed by atoms with Crippen LogP contribution in [0.1, 0.15) is 46.5 Å². The Kier molecular flexibility index (Phi) is 19.6. The molecule has 0 saturated heterocycles. The molecule has 0 aromatic rings. The molecule has 0 heterocycles. The van der Waals surface area contributed by atoms with Gasteiger partial charge in [-0.25, -0.2) is 0 Å². The number of unbranched alkanes of at least 4 members (excludes halogenated alkanes) is 3. The van der Waals surface area contributed by atoms with E-state index in [-0.39, 0.29) is 51.4 Å². The third-order valence-corrected chi connectivity index (χ3v) is 2.59. The predicted octanol–water partition coefficient (Wildman–Crippen LogP) is 2.28. The minimum absolute atomic E-state index is 0. The molecule has 0 spiro atoms. The topological polar surface area (TPSA) is 12.5 Å². The van der Waals surface area contributed by atoms with Crippen molar-refractivity contribution in [1.82, 2.24) is 4.90 Å². The van der Waals surface area contributed by atoms with Crippen molar-refractivity contribution in [2.45, 2.75) is 46.5 Å². The Bertz CT molecular complexity index is 108. The van der Waals surface area contributed by atoms with Gasteiger partial charge in [-0.05, 0) is 19.5 Å². The summed E-state index contributed by atoms with van der Waals surface area (Å²) in [6.45, 7) is 11.8. The molecule has 0 aliphatic carbocycles. The van der Waals surface area contributed by atoms with E-state index in [1.165, 1.54) is 25.7 Å². The average Bonchev–Trinajstić information content (AvgIpc) is 2.22. The van der Waals surface area contributed by atoms with Gasteiger partial charge in [0.15, 0.2) is 0 Å². The minimum atomic E-state index is 0. The number of nitrogens with zero attached hydrogens (tertiary/aromatic N) is 1. The molecule has 0 saturated carbocycles. The Morgan fingerprint density at radius 2 is 1.53 bits per heavy atom. The van der Waals surface area contributed by atoms with Crippen LogP contribution in [0, 0.1) is 0 Å². The first-order valence-corrected chi connectivity index (χ1v) is 6.15. The van der Waals surface area contributed by atoms with E-state index in [4.69, 9.17) is 4.74 Å². The third kappa shape index (κ3) is 13.5. The molecule has 0 N–H and O–H groups in total. The summed E-state index contributed by atoms with van der Waals surface area (Å²) in [7, 11) is 0. The van der Waals surface area contributed by atoms with Gasteiger partial charge in [0, 0.05) is 13.2 Å². The van der Waals surface area contributed by atoms with Crippen molar-refractivity contribution in [2.75, 3.05) is 32.8 Å². The van der Waals surface area contributed by atoms with Crippen molar-refractivity contribution in [3.63, 3.8) is 0 Å². The van der Waals surface area contributed by atoms with Crippen molar-refractivity contribution in [3.05, 3.63) is 0 Å². The number of rotatable bonds is 10. The molecular weight excluding hydrogens is 213 g/mol. The zero-order valence-electron chi connectivity index (χ0n) is 10.2. The van der Waals surface area contributed by atoms with Gasteiger partial charge in [-0.1, -0.05) is 40.0 Å². The second kappa shape index (κ2) is 15.6. The summed E-state index contributed by atoms with van der Waals surface area (Å²) in [6.07, 6.45) is 5.20. The molecular formula is C12H28KNO. The average molecular weight is 241 g/mol. The summed E-state index contributed by atoms with van der Waals surface area (Å²) in [5.74, 6) is 0. The fourth-order valence-electron chi connectivity index (χ4n) is 1.47. The fourth-order valence-corrected chi connectivity index (χ4v) is 1.47. The van der Waals surface area contributed by atoms with Crippen LogP contribution in [0.2, 0.25) is 0 Å². The molecule has 0 unspecified atom stereocenters. The first-order valence-electron chi connectivity index (χ1n) is 6.15. The number of ether oxygens (including phenoxy) is 1. The van der Waals surface area contributed by atoms with Gasteiger partial charge in [0.25, 0.3) is 0 Å². The first kappa shape index (κ1) is 18.9. The van der Waals surface area contributed by atoms with Gasteiger partial charge >= 0.3 is 51.4 Å². The van der Waals surface area contributed by atoms with Gasteiger partial charge in [0.1, 0.15) is 0 Å². The van der Waals surface area contributed by atoms with Gasteiger partial charge in [-0.3, -0.25) is 0 Å². The van der Waals surface area contributed by atoms with E-state index >= 15 is 0 Å². The van der Waals surface area contributed by atoms with Crippen LogP contribution in [0.3, 0.4) is 0 Å². The van der Waals surface area contributed by atoms with Crippen molar-refractivity contribution in [3.8, 4) is 0 Å². The molecule has 0 aromatic heterocycles. The van der Waals surface area contributed by atoms with Crippen LogP contribution in [-0.2, 0) is 4.74 Å². The molecule has 0 radical (unpaired) electrons. The Balaban J connectivity index is 0. The molecule has 0 amide bonds. The molecule has 0 rings (SSSR count). The predicted molar refractivity (Wildman–Crippen MR) is 69.9 cm³/mol. The third-order valence-electron chi connectivity index (χ3n) is 2.59. The molecule has 88 valence electrons. The van der Waals surface area contributed by atoms with Gasteiger partial charge < -0.3 is 9.64 Å².